The molecule has 2 heterocycles. The third-order valence-corrected chi connectivity index (χ3v) is 13.6. The summed E-state index contributed by atoms with van der Waals surface area (Å²) in [6, 6.07) is 11.5. The van der Waals surface area contributed by atoms with Crippen molar-refractivity contribution < 1.29 is 23.1 Å². The van der Waals surface area contributed by atoms with Crippen LogP contribution in [0.2, 0.25) is 5.02 Å². The van der Waals surface area contributed by atoms with Crippen molar-refractivity contribution in [3.8, 4) is 5.75 Å². The monoisotopic (exact) mass is 638 g/mol. The van der Waals surface area contributed by atoms with Gasteiger partial charge in [0.2, 0.25) is 10.0 Å². The molecule has 236 valence electrons. The quantitative estimate of drug-likeness (QED) is 0.371. The van der Waals surface area contributed by atoms with Crippen molar-refractivity contribution in [2.75, 3.05) is 24.6 Å². The van der Waals surface area contributed by atoms with Crippen LogP contribution in [0.3, 0.4) is 0 Å². The van der Waals surface area contributed by atoms with E-state index < -0.39 is 27.3 Å². The first-order valence-electron chi connectivity index (χ1n) is 16.3. The van der Waals surface area contributed by atoms with Gasteiger partial charge in [0, 0.05) is 29.1 Å². The van der Waals surface area contributed by atoms with E-state index in [2.05, 4.69) is 21.8 Å². The summed E-state index contributed by atoms with van der Waals surface area (Å²) in [7, 11) is -3.93. The Labute approximate surface area is 266 Å². The number of halogens is 1. The van der Waals surface area contributed by atoms with Gasteiger partial charge in [-0.05, 0) is 116 Å². The second kappa shape index (κ2) is 11.7. The fourth-order valence-corrected chi connectivity index (χ4v) is 10.8. The smallest absolute Gasteiger partial charge is 0.264 e. The van der Waals surface area contributed by atoms with Crippen LogP contribution in [-0.2, 0) is 21.9 Å². The lowest BCUT2D eigenvalue weighted by atomic mass is 9.68. The summed E-state index contributed by atoms with van der Waals surface area (Å²) in [5, 5.41) is 11.3. The number of anilines is 1. The number of amides is 1. The molecule has 1 spiro atoms. The number of nitrogens with one attached hydrogen (secondary N) is 1. The molecule has 0 saturated heterocycles. The Balaban J connectivity index is 1.29. The van der Waals surface area contributed by atoms with Crippen LogP contribution in [0.25, 0.3) is 0 Å². The number of allylic oxidation sites excluding steroid dienone is 1. The summed E-state index contributed by atoms with van der Waals surface area (Å²) in [5.74, 6) is 0.370. The van der Waals surface area contributed by atoms with Crippen LogP contribution in [0.4, 0.5) is 5.69 Å². The van der Waals surface area contributed by atoms with Crippen LogP contribution in [0, 0.1) is 23.7 Å². The maximum Gasteiger partial charge on any atom is 0.264 e. The highest BCUT2D eigenvalue weighted by Crippen LogP contribution is 2.47. The maximum absolute atomic E-state index is 13.8. The number of benzene rings is 2. The predicted molar refractivity (Wildman–Crippen MR) is 173 cm³/mol. The standard InChI is InChI=1S/C35H43ClN2O5S/c1-22-5-2-9-31(39)28-13-10-26(28)19-38-20-35(16-4-8-24-17-27(36)12-14-29(24)35)21-43-32-15-11-25(18-30(32)38)34(40)37-44(41,42)33(22)23-6-3-7-23/h2,9,11-12,14-15,17-18,22-23,26,28,31,33,39H,3-8,10,13,16,19-21H2,1H3,(H,37,40)/b9-2+/t22-,26+,28-,31+,33-,35+/m1/s1. The molecular weight excluding hydrogens is 596 g/mol. The second-order valence-corrected chi connectivity index (χ2v) is 16.3. The lowest BCUT2D eigenvalue weighted by Gasteiger charge is -2.45. The number of nitrogens with zero attached hydrogens (tertiary/aromatic N) is 1. The van der Waals surface area contributed by atoms with Crippen LogP contribution in [0.5, 0.6) is 5.75 Å². The summed E-state index contributed by atoms with van der Waals surface area (Å²) in [6.45, 7) is 3.88. The first-order valence-corrected chi connectivity index (χ1v) is 18.3. The van der Waals surface area contributed by atoms with Crippen molar-refractivity contribution in [2.45, 2.75) is 81.5 Å². The molecule has 2 aromatic carbocycles. The Bertz CT molecular complexity index is 1570. The van der Waals surface area contributed by atoms with E-state index in [-0.39, 0.29) is 29.1 Å². The minimum atomic E-state index is -3.93. The predicted octanol–water partition coefficient (Wildman–Crippen LogP) is 6.02. The van der Waals surface area contributed by atoms with E-state index in [1.807, 2.05) is 37.3 Å². The molecule has 2 fully saturated rings. The molecule has 0 aromatic heterocycles. The van der Waals surface area contributed by atoms with Gasteiger partial charge in [-0.25, -0.2) is 13.1 Å². The van der Waals surface area contributed by atoms with Crippen molar-refractivity contribution in [2.24, 2.45) is 23.7 Å². The SMILES string of the molecule is C[C@@H]1C/C=C/[C@H](O)[C@@H]2CC[C@H]2CN2C[C@@]3(CCCc4cc(Cl)ccc43)COc3ccc(cc32)C(=O)NS(=O)(=O)[C@H]1C1CCC1. The highest BCUT2D eigenvalue weighted by Gasteiger charge is 2.45. The maximum atomic E-state index is 13.8. The molecule has 0 unspecified atom stereocenters. The number of hydrogen-bond donors (Lipinski definition) is 2. The van der Waals surface area contributed by atoms with E-state index in [0.717, 1.165) is 68.6 Å². The zero-order chi connectivity index (χ0) is 30.6. The molecule has 6 atom stereocenters. The number of ether oxygens (including phenoxy) is 1. The first-order chi connectivity index (χ1) is 21.1. The first kappa shape index (κ1) is 30.1. The Morgan fingerprint density at radius 3 is 2.66 bits per heavy atom. The summed E-state index contributed by atoms with van der Waals surface area (Å²) in [4.78, 5) is 16.0. The van der Waals surface area contributed by atoms with Gasteiger partial charge in [0.05, 0.1) is 23.6 Å². The van der Waals surface area contributed by atoms with Crippen molar-refractivity contribution in [1.29, 1.82) is 0 Å². The van der Waals surface area contributed by atoms with Gasteiger partial charge in [-0.15, -0.1) is 0 Å². The van der Waals surface area contributed by atoms with Crippen LogP contribution in [0.15, 0.2) is 48.6 Å². The van der Waals surface area contributed by atoms with E-state index in [9.17, 15) is 18.3 Å². The largest absolute Gasteiger partial charge is 0.490 e. The molecule has 3 aliphatic carbocycles. The fourth-order valence-electron chi connectivity index (χ4n) is 8.57. The number of rotatable bonds is 1. The molecule has 7 rings (SSSR count). The zero-order valence-electron chi connectivity index (χ0n) is 25.4. The van der Waals surface area contributed by atoms with Gasteiger partial charge in [0.1, 0.15) is 5.75 Å². The van der Waals surface area contributed by atoms with Crippen molar-refractivity contribution in [3.05, 3.63) is 70.3 Å². The number of sulfonamides is 1. The minimum Gasteiger partial charge on any atom is -0.490 e. The van der Waals surface area contributed by atoms with Gasteiger partial charge in [-0.3, -0.25) is 4.79 Å². The van der Waals surface area contributed by atoms with E-state index in [1.54, 1.807) is 6.07 Å². The van der Waals surface area contributed by atoms with Crippen LogP contribution < -0.4 is 14.4 Å². The van der Waals surface area contributed by atoms with Crippen LogP contribution >= 0.6 is 11.6 Å². The summed E-state index contributed by atoms with van der Waals surface area (Å²) in [5.41, 5.74) is 3.38. The van der Waals surface area contributed by atoms with Crippen LogP contribution in [0.1, 0.15) is 79.8 Å². The van der Waals surface area contributed by atoms with Gasteiger partial charge in [0.15, 0.2) is 0 Å². The average molecular weight is 639 g/mol. The Hall–Kier alpha value is -2.55. The normalized spacial score (nSPS) is 34.3. The van der Waals surface area contributed by atoms with Gasteiger partial charge < -0.3 is 14.7 Å². The Morgan fingerprint density at radius 1 is 1.07 bits per heavy atom. The molecule has 2 saturated carbocycles. The third kappa shape index (κ3) is 5.45. The fraction of sp³-hybridized carbons (Fsp3) is 0.571. The molecule has 9 heteroatoms. The second-order valence-electron chi connectivity index (χ2n) is 14.1. The van der Waals surface area contributed by atoms with Gasteiger partial charge >= 0.3 is 0 Å². The van der Waals surface area contributed by atoms with E-state index in [4.69, 9.17) is 16.3 Å². The molecule has 44 heavy (non-hydrogen) atoms. The molecule has 0 radical (unpaired) electrons. The van der Waals surface area contributed by atoms with Gasteiger partial charge in [-0.1, -0.05) is 43.2 Å². The Kier molecular flexibility index (Phi) is 7.99. The molecule has 1 amide bonds. The number of aliphatic hydroxyl groups excluding tert-OH is 1. The number of aliphatic hydroxyl groups is 1. The summed E-state index contributed by atoms with van der Waals surface area (Å²) in [6.07, 6.45) is 11.5. The zero-order valence-corrected chi connectivity index (χ0v) is 27.0. The van der Waals surface area contributed by atoms with Crippen molar-refractivity contribution >= 4 is 33.2 Å². The summed E-state index contributed by atoms with van der Waals surface area (Å²) < 4.78 is 36.6. The number of aryl methyl sites for hydroxylation is 1. The molecule has 7 nitrogen and oxygen atoms in total. The van der Waals surface area contributed by atoms with E-state index in [0.29, 0.717) is 30.9 Å². The molecule has 2 bridgehead atoms. The molecule has 2 aliphatic heterocycles. The highest BCUT2D eigenvalue weighted by atomic mass is 35.5. The molecule has 2 N–H and O–H groups in total. The van der Waals surface area contributed by atoms with Gasteiger partial charge in [-0.2, -0.15) is 0 Å². The highest BCUT2D eigenvalue weighted by molar-refractivity contribution is 7.90. The topological polar surface area (TPSA) is 95.9 Å². The lowest BCUT2D eigenvalue weighted by Crippen LogP contribution is -2.49. The summed E-state index contributed by atoms with van der Waals surface area (Å²) >= 11 is 6.41. The number of hydrogen-bond acceptors (Lipinski definition) is 6. The van der Waals surface area contributed by atoms with Crippen molar-refractivity contribution in [3.63, 3.8) is 0 Å². The minimum absolute atomic E-state index is 0.0314. The number of carbonyl (C=O) groups is 1. The van der Waals surface area contributed by atoms with Crippen LogP contribution in [-0.4, -0.2) is 50.5 Å². The third-order valence-electron chi connectivity index (χ3n) is 11.3. The number of carbonyl (C=O) groups excluding carboxylic acids is 1. The molecular formula is C35H43ClN2O5S. The molecule has 5 aliphatic rings. The van der Waals surface area contributed by atoms with Gasteiger partial charge in [0.25, 0.3) is 5.91 Å². The van der Waals surface area contributed by atoms with E-state index in [1.165, 1.54) is 11.1 Å². The lowest BCUT2D eigenvalue weighted by molar-refractivity contribution is 0.0455. The Morgan fingerprint density at radius 2 is 1.91 bits per heavy atom. The average Bonchev–Trinajstić information content (AvgIpc) is 3.09. The van der Waals surface area contributed by atoms with Crippen molar-refractivity contribution in [1.82, 2.24) is 4.72 Å². The number of fused-ring (bicyclic) bond motifs is 4. The van der Waals surface area contributed by atoms with E-state index >= 15 is 0 Å². The molecule has 2 aromatic rings.